The van der Waals surface area contributed by atoms with E-state index in [1.807, 2.05) is 42.5 Å². The third-order valence-corrected chi connectivity index (χ3v) is 7.41. The number of sulfone groups is 1. The van der Waals surface area contributed by atoms with Gasteiger partial charge in [-0.05, 0) is 30.2 Å². The summed E-state index contributed by atoms with van der Waals surface area (Å²) in [4.78, 5) is 27.3. The van der Waals surface area contributed by atoms with Crippen LogP contribution in [0.2, 0.25) is 0 Å². The van der Waals surface area contributed by atoms with Crippen molar-refractivity contribution in [1.82, 2.24) is 4.90 Å². The summed E-state index contributed by atoms with van der Waals surface area (Å²) in [6.07, 6.45) is 3.35. The highest BCUT2D eigenvalue weighted by Gasteiger charge is 2.32. The molecule has 0 radical (unpaired) electrons. The Morgan fingerprint density at radius 2 is 1.96 bits per heavy atom. The number of nitrogens with zero attached hydrogens (tertiary/aromatic N) is 1. The number of thiophene rings is 1. The number of likely N-dealkylation sites (N-methyl/N-ethyl adjacent to an activating group) is 1. The predicted octanol–water partition coefficient (Wildman–Crippen LogP) is 2.62. The van der Waals surface area contributed by atoms with Crippen LogP contribution in [-0.2, 0) is 24.2 Å². The molecule has 28 heavy (non-hydrogen) atoms. The molecule has 0 spiro atoms. The van der Waals surface area contributed by atoms with Crippen molar-refractivity contribution < 1.29 is 22.7 Å². The summed E-state index contributed by atoms with van der Waals surface area (Å²) in [6, 6.07) is 13.5. The number of rotatable bonds is 6. The van der Waals surface area contributed by atoms with E-state index in [-0.39, 0.29) is 17.5 Å². The van der Waals surface area contributed by atoms with E-state index in [2.05, 4.69) is 0 Å². The number of hydrogen-bond donors (Lipinski definition) is 0. The van der Waals surface area contributed by atoms with Gasteiger partial charge in [0.25, 0.3) is 5.91 Å². The van der Waals surface area contributed by atoms with Crippen molar-refractivity contribution in [3.8, 4) is 10.4 Å². The van der Waals surface area contributed by atoms with Crippen LogP contribution < -0.4 is 0 Å². The molecule has 1 atom stereocenters. The Hall–Kier alpha value is -2.45. The van der Waals surface area contributed by atoms with Gasteiger partial charge in [0.1, 0.15) is 0 Å². The summed E-state index contributed by atoms with van der Waals surface area (Å²) < 4.78 is 28.0. The number of carbonyl (C=O) groups is 2. The molecule has 1 aromatic heterocycles. The fourth-order valence-electron chi connectivity index (χ4n) is 2.92. The van der Waals surface area contributed by atoms with Gasteiger partial charge in [-0.2, -0.15) is 0 Å². The Morgan fingerprint density at radius 1 is 1.21 bits per heavy atom. The van der Waals surface area contributed by atoms with E-state index in [1.165, 1.54) is 18.0 Å². The van der Waals surface area contributed by atoms with Gasteiger partial charge in [-0.1, -0.05) is 30.3 Å². The van der Waals surface area contributed by atoms with Gasteiger partial charge in [0.15, 0.2) is 16.4 Å². The molecule has 0 aliphatic carbocycles. The lowest BCUT2D eigenvalue weighted by Gasteiger charge is -2.22. The summed E-state index contributed by atoms with van der Waals surface area (Å²) in [7, 11) is -1.54. The van der Waals surface area contributed by atoms with Gasteiger partial charge in [0, 0.05) is 28.9 Å². The molecule has 1 aliphatic rings. The van der Waals surface area contributed by atoms with E-state index >= 15 is 0 Å². The molecule has 1 saturated heterocycles. The molecule has 0 N–H and O–H groups in total. The topological polar surface area (TPSA) is 80.8 Å². The molecule has 1 aromatic carbocycles. The molecular weight excluding hydrogens is 398 g/mol. The van der Waals surface area contributed by atoms with Crippen LogP contribution in [0.4, 0.5) is 0 Å². The highest BCUT2D eigenvalue weighted by Crippen LogP contribution is 2.28. The molecule has 0 bridgehead atoms. The van der Waals surface area contributed by atoms with Crippen LogP contribution in [0.5, 0.6) is 0 Å². The number of amides is 1. The van der Waals surface area contributed by atoms with Gasteiger partial charge in [-0.15, -0.1) is 11.3 Å². The average molecular weight is 420 g/mol. The third-order valence-electron chi connectivity index (χ3n) is 4.56. The van der Waals surface area contributed by atoms with Gasteiger partial charge in [0.05, 0.1) is 11.5 Å². The maximum absolute atomic E-state index is 12.1. The first-order chi connectivity index (χ1) is 13.3. The minimum absolute atomic E-state index is 0.0365. The van der Waals surface area contributed by atoms with E-state index in [9.17, 15) is 18.0 Å². The van der Waals surface area contributed by atoms with Crippen molar-refractivity contribution in [3.05, 3.63) is 53.4 Å². The second kappa shape index (κ2) is 8.70. The summed E-state index contributed by atoms with van der Waals surface area (Å²) in [5.41, 5.74) is 1.11. The van der Waals surface area contributed by atoms with Crippen molar-refractivity contribution in [2.75, 3.05) is 25.2 Å². The van der Waals surface area contributed by atoms with Crippen LogP contribution in [0.3, 0.4) is 0 Å². The largest absolute Gasteiger partial charge is 0.452 e. The first-order valence-corrected chi connectivity index (χ1v) is 11.4. The molecule has 1 fully saturated rings. The average Bonchev–Trinajstić information content (AvgIpc) is 3.30. The molecule has 1 unspecified atom stereocenters. The SMILES string of the molecule is CN(C(=O)COC(=O)/C=C/c1ccc(-c2ccccc2)s1)C1CCS(=O)(=O)C1. The highest BCUT2D eigenvalue weighted by molar-refractivity contribution is 7.91. The van der Waals surface area contributed by atoms with Crippen molar-refractivity contribution in [2.24, 2.45) is 0 Å². The van der Waals surface area contributed by atoms with Crippen molar-refractivity contribution >= 4 is 39.1 Å². The van der Waals surface area contributed by atoms with Crippen LogP contribution in [0.25, 0.3) is 16.5 Å². The minimum atomic E-state index is -3.07. The summed E-state index contributed by atoms with van der Waals surface area (Å²) in [5, 5.41) is 0. The molecule has 2 heterocycles. The molecule has 3 rings (SSSR count). The Kier molecular flexibility index (Phi) is 6.31. The van der Waals surface area contributed by atoms with Crippen LogP contribution in [-0.4, -0.2) is 56.4 Å². The van der Waals surface area contributed by atoms with Gasteiger partial charge in [-0.25, -0.2) is 13.2 Å². The molecular formula is C20H21NO5S2. The minimum Gasteiger partial charge on any atom is -0.452 e. The molecule has 6 nitrogen and oxygen atoms in total. The Morgan fingerprint density at radius 3 is 2.64 bits per heavy atom. The first-order valence-electron chi connectivity index (χ1n) is 8.80. The molecule has 0 saturated carbocycles. The fourth-order valence-corrected chi connectivity index (χ4v) is 5.61. The molecule has 1 aliphatic heterocycles. The number of carbonyl (C=O) groups excluding carboxylic acids is 2. The Bertz CT molecular complexity index is 979. The summed E-state index contributed by atoms with van der Waals surface area (Å²) in [6.45, 7) is -0.407. The molecule has 2 aromatic rings. The van der Waals surface area contributed by atoms with Crippen molar-refractivity contribution in [1.29, 1.82) is 0 Å². The lowest BCUT2D eigenvalue weighted by molar-refractivity contribution is -0.148. The molecule has 1 amide bonds. The highest BCUT2D eigenvalue weighted by atomic mass is 32.2. The van der Waals surface area contributed by atoms with E-state index in [0.717, 1.165) is 15.3 Å². The van der Waals surface area contributed by atoms with Gasteiger partial charge in [-0.3, -0.25) is 4.79 Å². The second-order valence-electron chi connectivity index (χ2n) is 6.57. The fraction of sp³-hybridized carbons (Fsp3) is 0.300. The Balaban J connectivity index is 1.49. The third kappa shape index (κ3) is 5.30. The van der Waals surface area contributed by atoms with Gasteiger partial charge >= 0.3 is 5.97 Å². The molecule has 8 heteroatoms. The van der Waals surface area contributed by atoms with Crippen LogP contribution in [0.15, 0.2) is 48.5 Å². The van der Waals surface area contributed by atoms with Crippen molar-refractivity contribution in [3.63, 3.8) is 0 Å². The maximum Gasteiger partial charge on any atom is 0.331 e. The summed E-state index contributed by atoms with van der Waals surface area (Å²) >= 11 is 1.55. The monoisotopic (exact) mass is 419 g/mol. The lowest BCUT2D eigenvalue weighted by atomic mass is 10.2. The Labute approximate surface area is 168 Å². The second-order valence-corrected chi connectivity index (χ2v) is 9.91. The predicted molar refractivity (Wildman–Crippen MR) is 110 cm³/mol. The van der Waals surface area contributed by atoms with Crippen LogP contribution in [0, 0.1) is 0 Å². The smallest absolute Gasteiger partial charge is 0.331 e. The van der Waals surface area contributed by atoms with E-state index in [0.29, 0.717) is 6.42 Å². The quantitative estimate of drug-likeness (QED) is 0.531. The van der Waals surface area contributed by atoms with Gasteiger partial charge < -0.3 is 9.64 Å². The standard InChI is InChI=1S/C20H21NO5S2/c1-21(16-11-12-28(24,25)14-16)19(22)13-26-20(23)10-8-17-7-9-18(27-17)15-5-3-2-4-6-15/h2-10,16H,11-14H2,1H3/b10-8+. The first kappa shape index (κ1) is 20.3. The van der Waals surface area contributed by atoms with Crippen molar-refractivity contribution in [2.45, 2.75) is 12.5 Å². The lowest BCUT2D eigenvalue weighted by Crippen LogP contribution is -2.40. The van der Waals surface area contributed by atoms with E-state index in [1.54, 1.807) is 17.4 Å². The number of benzene rings is 1. The normalized spacial score (nSPS) is 18.2. The van der Waals surface area contributed by atoms with Crippen LogP contribution in [0.1, 0.15) is 11.3 Å². The zero-order valence-electron chi connectivity index (χ0n) is 15.4. The number of ether oxygens (including phenoxy) is 1. The number of hydrogen-bond acceptors (Lipinski definition) is 6. The van der Waals surface area contributed by atoms with E-state index in [4.69, 9.17) is 4.74 Å². The van der Waals surface area contributed by atoms with Gasteiger partial charge in [0.2, 0.25) is 0 Å². The molecule has 148 valence electrons. The zero-order chi connectivity index (χ0) is 20.1. The zero-order valence-corrected chi connectivity index (χ0v) is 17.0. The van der Waals surface area contributed by atoms with Crippen LogP contribution >= 0.6 is 11.3 Å². The number of esters is 1. The maximum atomic E-state index is 12.1. The van der Waals surface area contributed by atoms with E-state index < -0.39 is 28.3 Å². The summed E-state index contributed by atoms with van der Waals surface area (Å²) in [5.74, 6) is -0.976.